The SMILES string of the molecule is COc1cc(F)c(C(C)(C)O)cc1F. The number of ether oxygens (including phenoxy) is 1. The fourth-order valence-electron chi connectivity index (χ4n) is 1.15. The van der Waals surface area contributed by atoms with E-state index in [-0.39, 0.29) is 11.3 Å². The Labute approximate surface area is 81.1 Å². The molecule has 0 saturated heterocycles. The maximum absolute atomic E-state index is 13.3. The number of aliphatic hydroxyl groups is 1. The molecule has 0 aliphatic heterocycles. The van der Waals surface area contributed by atoms with Crippen LogP contribution in [0.1, 0.15) is 19.4 Å². The molecule has 14 heavy (non-hydrogen) atoms. The molecule has 1 aromatic carbocycles. The second-order valence-corrected chi connectivity index (χ2v) is 3.53. The Morgan fingerprint density at radius 1 is 1.21 bits per heavy atom. The average Bonchev–Trinajstić information content (AvgIpc) is 2.06. The van der Waals surface area contributed by atoms with Crippen LogP contribution in [0.4, 0.5) is 8.78 Å². The number of benzene rings is 1. The first-order valence-corrected chi connectivity index (χ1v) is 4.12. The maximum Gasteiger partial charge on any atom is 0.165 e. The Morgan fingerprint density at radius 2 is 1.79 bits per heavy atom. The smallest absolute Gasteiger partial charge is 0.165 e. The van der Waals surface area contributed by atoms with Crippen LogP contribution in [0.5, 0.6) is 5.75 Å². The summed E-state index contributed by atoms with van der Waals surface area (Å²) in [5, 5.41) is 9.51. The molecule has 0 atom stereocenters. The third-order valence-electron chi connectivity index (χ3n) is 1.90. The summed E-state index contributed by atoms with van der Waals surface area (Å²) in [6.07, 6.45) is 0. The van der Waals surface area contributed by atoms with Gasteiger partial charge in [-0.2, -0.15) is 0 Å². The maximum atomic E-state index is 13.3. The molecule has 4 heteroatoms. The van der Waals surface area contributed by atoms with Crippen LogP contribution < -0.4 is 4.74 Å². The first-order chi connectivity index (χ1) is 6.36. The third-order valence-corrected chi connectivity index (χ3v) is 1.90. The van der Waals surface area contributed by atoms with Gasteiger partial charge < -0.3 is 9.84 Å². The van der Waals surface area contributed by atoms with Gasteiger partial charge in [0.15, 0.2) is 11.6 Å². The number of rotatable bonds is 2. The number of halogens is 2. The molecule has 0 saturated carbocycles. The topological polar surface area (TPSA) is 29.5 Å². The van der Waals surface area contributed by atoms with Crippen molar-refractivity contribution >= 4 is 0 Å². The molecule has 0 radical (unpaired) electrons. The fraction of sp³-hybridized carbons (Fsp3) is 0.400. The van der Waals surface area contributed by atoms with Gasteiger partial charge in [0.2, 0.25) is 0 Å². The summed E-state index contributed by atoms with van der Waals surface area (Å²) in [5.74, 6) is -1.54. The summed E-state index contributed by atoms with van der Waals surface area (Å²) in [4.78, 5) is 0. The molecule has 1 rings (SSSR count). The van der Waals surface area contributed by atoms with Crippen molar-refractivity contribution in [1.82, 2.24) is 0 Å². The van der Waals surface area contributed by atoms with E-state index >= 15 is 0 Å². The summed E-state index contributed by atoms with van der Waals surface area (Å²) in [7, 11) is 1.25. The number of hydrogen-bond donors (Lipinski definition) is 1. The lowest BCUT2D eigenvalue weighted by Gasteiger charge is -2.19. The zero-order valence-corrected chi connectivity index (χ0v) is 8.27. The quantitative estimate of drug-likeness (QED) is 0.796. The van der Waals surface area contributed by atoms with Gasteiger partial charge in [-0.3, -0.25) is 0 Å². The highest BCUT2D eigenvalue weighted by Gasteiger charge is 2.22. The van der Waals surface area contributed by atoms with Crippen LogP contribution in [-0.4, -0.2) is 12.2 Å². The summed E-state index contributed by atoms with van der Waals surface area (Å²) >= 11 is 0. The van der Waals surface area contributed by atoms with Crippen molar-refractivity contribution in [2.24, 2.45) is 0 Å². The Hall–Kier alpha value is -1.16. The van der Waals surface area contributed by atoms with Crippen LogP contribution in [0.3, 0.4) is 0 Å². The van der Waals surface area contributed by atoms with Crippen molar-refractivity contribution < 1.29 is 18.6 Å². The molecular weight excluding hydrogens is 190 g/mol. The predicted molar refractivity (Wildman–Crippen MR) is 48.2 cm³/mol. The molecule has 78 valence electrons. The van der Waals surface area contributed by atoms with Gasteiger partial charge in [0.05, 0.1) is 12.7 Å². The standard InChI is InChI=1S/C10H12F2O2/c1-10(2,13)6-4-8(12)9(14-3)5-7(6)11/h4-5,13H,1-3H3. The third kappa shape index (κ3) is 2.01. The Balaban J connectivity index is 3.29. The monoisotopic (exact) mass is 202 g/mol. The minimum atomic E-state index is -1.41. The van der Waals surface area contributed by atoms with Gasteiger partial charge in [-0.15, -0.1) is 0 Å². The van der Waals surface area contributed by atoms with Crippen LogP contribution in [0.25, 0.3) is 0 Å². The van der Waals surface area contributed by atoms with Crippen molar-refractivity contribution in [3.63, 3.8) is 0 Å². The summed E-state index contributed by atoms with van der Waals surface area (Å²) < 4.78 is 31.1. The highest BCUT2D eigenvalue weighted by Crippen LogP contribution is 2.28. The molecule has 0 amide bonds. The second kappa shape index (κ2) is 3.53. The zero-order chi connectivity index (χ0) is 10.9. The van der Waals surface area contributed by atoms with Crippen molar-refractivity contribution in [3.05, 3.63) is 29.3 Å². The van der Waals surface area contributed by atoms with Gasteiger partial charge in [0.25, 0.3) is 0 Å². The van der Waals surface area contributed by atoms with Crippen molar-refractivity contribution in [2.45, 2.75) is 19.4 Å². The molecule has 1 N–H and O–H groups in total. The van der Waals surface area contributed by atoms with E-state index < -0.39 is 17.2 Å². The van der Waals surface area contributed by atoms with Crippen molar-refractivity contribution in [3.8, 4) is 5.75 Å². The van der Waals surface area contributed by atoms with Gasteiger partial charge in [-0.1, -0.05) is 0 Å². The van der Waals surface area contributed by atoms with E-state index in [0.717, 1.165) is 12.1 Å². The largest absolute Gasteiger partial charge is 0.494 e. The Bertz CT molecular complexity index is 343. The van der Waals surface area contributed by atoms with E-state index in [4.69, 9.17) is 0 Å². The molecule has 0 heterocycles. The van der Waals surface area contributed by atoms with Crippen molar-refractivity contribution in [1.29, 1.82) is 0 Å². The molecule has 2 nitrogen and oxygen atoms in total. The van der Waals surface area contributed by atoms with E-state index in [1.165, 1.54) is 21.0 Å². The lowest BCUT2D eigenvalue weighted by Crippen LogP contribution is -2.18. The molecule has 0 bridgehead atoms. The molecule has 0 aliphatic rings. The van der Waals surface area contributed by atoms with E-state index in [1.54, 1.807) is 0 Å². The van der Waals surface area contributed by atoms with Crippen LogP contribution >= 0.6 is 0 Å². The average molecular weight is 202 g/mol. The van der Waals surface area contributed by atoms with Gasteiger partial charge in [0, 0.05) is 11.6 Å². The lowest BCUT2D eigenvalue weighted by molar-refractivity contribution is 0.0740. The molecule has 0 unspecified atom stereocenters. The fourth-order valence-corrected chi connectivity index (χ4v) is 1.15. The minimum Gasteiger partial charge on any atom is -0.494 e. The van der Waals surface area contributed by atoms with Gasteiger partial charge >= 0.3 is 0 Å². The lowest BCUT2D eigenvalue weighted by atomic mass is 9.97. The zero-order valence-electron chi connectivity index (χ0n) is 8.27. The van der Waals surface area contributed by atoms with E-state index in [2.05, 4.69) is 4.74 Å². The van der Waals surface area contributed by atoms with Crippen LogP contribution in [0.15, 0.2) is 12.1 Å². The van der Waals surface area contributed by atoms with Gasteiger partial charge in [0.1, 0.15) is 5.82 Å². The van der Waals surface area contributed by atoms with Crippen LogP contribution in [0.2, 0.25) is 0 Å². The molecule has 0 spiro atoms. The summed E-state index contributed by atoms with van der Waals surface area (Å²) in [5.41, 5.74) is -1.49. The number of hydrogen-bond acceptors (Lipinski definition) is 2. The Morgan fingerprint density at radius 3 is 2.21 bits per heavy atom. The highest BCUT2D eigenvalue weighted by atomic mass is 19.1. The minimum absolute atomic E-state index is 0.0872. The number of methoxy groups -OCH3 is 1. The molecule has 0 fully saturated rings. The van der Waals surface area contributed by atoms with Gasteiger partial charge in [-0.25, -0.2) is 8.78 Å². The van der Waals surface area contributed by atoms with Crippen molar-refractivity contribution in [2.75, 3.05) is 7.11 Å². The molecular formula is C10H12F2O2. The van der Waals surface area contributed by atoms with E-state index in [0.29, 0.717) is 0 Å². The van der Waals surface area contributed by atoms with Crippen LogP contribution in [-0.2, 0) is 5.60 Å². The predicted octanol–water partition coefficient (Wildman–Crippen LogP) is 2.20. The normalized spacial score (nSPS) is 11.6. The first-order valence-electron chi connectivity index (χ1n) is 4.12. The molecule has 0 aromatic heterocycles. The summed E-state index contributed by atoms with van der Waals surface area (Å²) in [6.45, 7) is 2.77. The molecule has 1 aromatic rings. The first kappa shape index (κ1) is 10.9. The second-order valence-electron chi connectivity index (χ2n) is 3.53. The summed E-state index contributed by atoms with van der Waals surface area (Å²) in [6, 6.07) is 1.86. The van der Waals surface area contributed by atoms with Crippen LogP contribution in [0, 0.1) is 11.6 Å². The Kier molecular flexibility index (Phi) is 2.76. The molecule has 0 aliphatic carbocycles. The van der Waals surface area contributed by atoms with E-state index in [9.17, 15) is 13.9 Å². The van der Waals surface area contributed by atoms with E-state index in [1.807, 2.05) is 0 Å². The highest BCUT2D eigenvalue weighted by molar-refractivity contribution is 5.33. The van der Waals surface area contributed by atoms with Gasteiger partial charge in [-0.05, 0) is 19.9 Å².